The fourth-order valence-electron chi connectivity index (χ4n) is 3.08. The molecule has 1 amide bonds. The molecule has 0 aliphatic rings. The largest absolute Gasteiger partial charge is 0.499 e. The molecule has 0 spiro atoms. The Kier molecular flexibility index (Phi) is 9.37. The third-order valence-corrected chi connectivity index (χ3v) is 5.73. The van der Waals surface area contributed by atoms with Crippen molar-refractivity contribution >= 4 is 67.4 Å². The number of carbonyl (C=O) groups is 1. The summed E-state index contributed by atoms with van der Waals surface area (Å²) in [4.78, 5) is 22.3. The molecular formula is C22H22BrCl2FN4O3. The third-order valence-electron chi connectivity index (χ3n) is 4.66. The summed E-state index contributed by atoms with van der Waals surface area (Å²) in [5.74, 6) is -0.787. The molecule has 0 aliphatic heterocycles. The van der Waals surface area contributed by atoms with Crippen molar-refractivity contribution in [3.63, 3.8) is 0 Å². The van der Waals surface area contributed by atoms with Crippen molar-refractivity contribution in [1.82, 2.24) is 15.0 Å². The molecule has 2 aromatic carbocycles. The number of ether oxygens (including phenoxy) is 1. The van der Waals surface area contributed by atoms with Crippen LogP contribution in [0.2, 0.25) is 5.02 Å². The van der Waals surface area contributed by atoms with Gasteiger partial charge in [0.05, 0.1) is 40.1 Å². The third kappa shape index (κ3) is 6.38. The van der Waals surface area contributed by atoms with Gasteiger partial charge in [0.25, 0.3) is 5.91 Å². The number of amides is 1. The number of halogens is 4. The fourth-order valence-corrected chi connectivity index (χ4v) is 3.99. The summed E-state index contributed by atoms with van der Waals surface area (Å²) in [6.45, 7) is 4.30. The first-order valence-electron chi connectivity index (χ1n) is 10.1. The van der Waals surface area contributed by atoms with Gasteiger partial charge in [0, 0.05) is 16.9 Å². The zero-order valence-corrected chi connectivity index (χ0v) is 20.6. The lowest BCUT2D eigenvalue weighted by molar-refractivity contribution is 0.0145. The topological polar surface area (TPSA) is 77.4 Å². The van der Waals surface area contributed by atoms with Gasteiger partial charge in [0.1, 0.15) is 18.7 Å². The number of anilines is 2. The van der Waals surface area contributed by atoms with Gasteiger partial charge in [-0.05, 0) is 37.1 Å². The minimum atomic E-state index is -0.678. The maximum Gasteiger partial charge on any atom is 0.277 e. The van der Waals surface area contributed by atoms with Gasteiger partial charge in [0.2, 0.25) is 0 Å². The minimum Gasteiger partial charge on any atom is -0.499 e. The van der Waals surface area contributed by atoms with Crippen LogP contribution in [0.1, 0.15) is 23.2 Å². The van der Waals surface area contributed by atoms with E-state index in [1.807, 2.05) is 0 Å². The van der Waals surface area contributed by atoms with Crippen molar-refractivity contribution in [2.45, 2.75) is 19.4 Å². The van der Waals surface area contributed by atoms with Gasteiger partial charge < -0.3 is 14.6 Å². The Morgan fingerprint density at radius 2 is 2.12 bits per heavy atom. The predicted octanol–water partition coefficient (Wildman–Crippen LogP) is 6.18. The molecule has 0 saturated carbocycles. The number of benzene rings is 2. The van der Waals surface area contributed by atoms with Crippen LogP contribution in [0.3, 0.4) is 0 Å². The number of hydrogen-bond acceptors (Lipinski definition) is 5. The Morgan fingerprint density at radius 3 is 2.85 bits per heavy atom. The van der Waals surface area contributed by atoms with Gasteiger partial charge in [-0.1, -0.05) is 34.1 Å². The number of hydroxylamine groups is 1. The van der Waals surface area contributed by atoms with E-state index in [1.54, 1.807) is 35.2 Å². The van der Waals surface area contributed by atoms with E-state index in [1.165, 1.54) is 6.26 Å². The molecule has 3 aromatic rings. The highest BCUT2D eigenvalue weighted by atomic mass is 79.9. The van der Waals surface area contributed by atoms with E-state index in [-0.39, 0.29) is 30.0 Å². The van der Waals surface area contributed by atoms with E-state index in [0.717, 1.165) is 17.3 Å². The first-order chi connectivity index (χ1) is 16.0. The summed E-state index contributed by atoms with van der Waals surface area (Å²) in [5.41, 5.74) is 3.32. The number of fused-ring (bicyclic) bond motifs is 1. The van der Waals surface area contributed by atoms with E-state index in [0.29, 0.717) is 28.7 Å². The molecule has 0 fully saturated rings. The number of nitrogens with zero attached hydrogens (tertiary/aromatic N) is 2. The smallest absolute Gasteiger partial charge is 0.277 e. The Bertz CT molecular complexity index is 1140. The average molecular weight is 560 g/mol. The van der Waals surface area contributed by atoms with Crippen molar-refractivity contribution in [1.29, 1.82) is 0 Å². The standard InChI is InChI=1S/C22H22BrCl2FN4O3/c1-2-32-9-10-33-29-22(31)15-12-18-21(27-13-30(18)8-4-3-7-24)19(26)20(15)28-17-6-5-14(23)11-16(17)25/h2,5-6,11-13,28H,1,3-4,7-10H2,(H,29,31). The molecule has 0 atom stereocenters. The summed E-state index contributed by atoms with van der Waals surface area (Å²) in [6, 6.07) is 6.65. The number of imidazole rings is 1. The summed E-state index contributed by atoms with van der Waals surface area (Å²) in [5, 5.41) is 3.28. The summed E-state index contributed by atoms with van der Waals surface area (Å²) < 4.78 is 23.1. The predicted molar refractivity (Wildman–Crippen MR) is 132 cm³/mol. The van der Waals surface area contributed by atoms with E-state index in [9.17, 15) is 4.79 Å². The summed E-state index contributed by atoms with van der Waals surface area (Å²) in [7, 11) is 0. The van der Waals surface area contributed by atoms with Crippen LogP contribution in [0, 0.1) is 5.82 Å². The fraction of sp³-hybridized carbons (Fsp3) is 0.273. The molecular weight excluding hydrogens is 538 g/mol. The van der Waals surface area contributed by atoms with Crippen LogP contribution >= 0.6 is 39.1 Å². The average Bonchev–Trinajstić information content (AvgIpc) is 3.20. The number of unbranched alkanes of at least 4 members (excludes halogenated alkanes) is 1. The lowest BCUT2D eigenvalue weighted by Gasteiger charge is -2.16. The highest BCUT2D eigenvalue weighted by molar-refractivity contribution is 9.10. The van der Waals surface area contributed by atoms with E-state index in [4.69, 9.17) is 32.8 Å². The number of aryl methyl sites for hydroxylation is 1. The van der Waals surface area contributed by atoms with Gasteiger partial charge in [0.15, 0.2) is 5.82 Å². The van der Waals surface area contributed by atoms with Crippen molar-refractivity contribution in [3.05, 3.63) is 64.3 Å². The first-order valence-corrected chi connectivity index (χ1v) is 11.8. The summed E-state index contributed by atoms with van der Waals surface area (Å²) in [6.07, 6.45) is 4.41. The van der Waals surface area contributed by atoms with Gasteiger partial charge in [-0.3, -0.25) is 9.63 Å². The summed E-state index contributed by atoms with van der Waals surface area (Å²) >= 11 is 15.4. The van der Waals surface area contributed by atoms with Crippen LogP contribution in [0.4, 0.5) is 15.8 Å². The van der Waals surface area contributed by atoms with Gasteiger partial charge in [-0.15, -0.1) is 11.6 Å². The molecule has 3 rings (SSSR count). The molecule has 7 nitrogen and oxygen atoms in total. The number of alkyl halides is 1. The second kappa shape index (κ2) is 12.2. The van der Waals surface area contributed by atoms with Gasteiger partial charge in [-0.2, -0.15) is 0 Å². The minimum absolute atomic E-state index is 0.0303. The monoisotopic (exact) mass is 558 g/mol. The van der Waals surface area contributed by atoms with Crippen LogP contribution in [0.25, 0.3) is 11.0 Å². The number of carbonyl (C=O) groups excluding carboxylic acids is 1. The van der Waals surface area contributed by atoms with Crippen LogP contribution in [-0.2, 0) is 16.1 Å². The van der Waals surface area contributed by atoms with Crippen molar-refractivity contribution in [3.8, 4) is 0 Å². The SMILES string of the molecule is C=COCCONC(=O)c1cc2c(ncn2CCCCCl)c(F)c1Nc1ccc(Br)cc1Cl. The molecule has 33 heavy (non-hydrogen) atoms. The van der Waals surface area contributed by atoms with Crippen LogP contribution in [0.15, 0.2) is 47.9 Å². The molecule has 2 N–H and O–H groups in total. The van der Waals surface area contributed by atoms with Crippen LogP contribution in [0.5, 0.6) is 0 Å². The first kappa shape index (κ1) is 25.3. The zero-order chi connectivity index (χ0) is 23.8. The van der Waals surface area contributed by atoms with Gasteiger partial charge in [-0.25, -0.2) is 14.9 Å². The Morgan fingerprint density at radius 1 is 1.30 bits per heavy atom. The zero-order valence-electron chi connectivity index (χ0n) is 17.5. The lowest BCUT2D eigenvalue weighted by atomic mass is 10.1. The molecule has 1 aromatic heterocycles. The van der Waals surface area contributed by atoms with E-state index in [2.05, 4.69) is 38.3 Å². The van der Waals surface area contributed by atoms with E-state index < -0.39 is 11.7 Å². The highest BCUT2D eigenvalue weighted by Crippen LogP contribution is 2.34. The quantitative estimate of drug-likeness (QED) is 0.120. The molecule has 1 heterocycles. The molecule has 0 radical (unpaired) electrons. The second-order valence-electron chi connectivity index (χ2n) is 6.88. The molecule has 0 aliphatic carbocycles. The van der Waals surface area contributed by atoms with E-state index >= 15 is 4.39 Å². The molecule has 0 unspecified atom stereocenters. The molecule has 11 heteroatoms. The second-order valence-corrected chi connectivity index (χ2v) is 8.58. The van der Waals surface area contributed by atoms with Crippen molar-refractivity contribution in [2.24, 2.45) is 0 Å². The maximum atomic E-state index is 15.6. The molecule has 0 saturated heterocycles. The maximum absolute atomic E-state index is 15.6. The Hall–Kier alpha value is -2.33. The van der Waals surface area contributed by atoms with Gasteiger partial charge >= 0.3 is 0 Å². The number of hydrogen-bond donors (Lipinski definition) is 2. The number of nitrogens with one attached hydrogen (secondary N) is 2. The van der Waals surface area contributed by atoms with Crippen LogP contribution in [-0.4, -0.2) is 34.6 Å². The Balaban J connectivity index is 1.98. The normalized spacial score (nSPS) is 10.9. The number of aromatic nitrogens is 2. The molecule has 176 valence electrons. The molecule has 0 bridgehead atoms. The van der Waals surface area contributed by atoms with Crippen LogP contribution < -0.4 is 10.8 Å². The van der Waals surface area contributed by atoms with Crippen molar-refractivity contribution in [2.75, 3.05) is 24.4 Å². The lowest BCUT2D eigenvalue weighted by Crippen LogP contribution is -2.26. The van der Waals surface area contributed by atoms with Crippen molar-refractivity contribution < 1.29 is 18.8 Å². The number of rotatable bonds is 12. The highest BCUT2D eigenvalue weighted by Gasteiger charge is 2.23. The Labute approximate surface area is 208 Å².